The zero-order valence-electron chi connectivity index (χ0n) is 5.39. The highest BCUT2D eigenvalue weighted by molar-refractivity contribution is 5.80. The van der Waals surface area contributed by atoms with Crippen LogP contribution in [0.3, 0.4) is 0 Å². The molecule has 0 bridgehead atoms. The van der Waals surface area contributed by atoms with Crippen molar-refractivity contribution < 1.29 is 0 Å². The first-order valence-electron chi connectivity index (χ1n) is 2.55. The van der Waals surface area contributed by atoms with Crippen molar-refractivity contribution in [3.8, 4) is 0 Å². The molecule has 0 radical (unpaired) electrons. The molecule has 0 aromatic rings. The third-order valence-corrected chi connectivity index (χ3v) is 0.676. The molecule has 0 saturated carbocycles. The smallest absolute Gasteiger partial charge is 0.0277 e. The lowest BCUT2D eigenvalue weighted by Crippen LogP contribution is -1.73. The maximum absolute atomic E-state index is 3.78. The summed E-state index contributed by atoms with van der Waals surface area (Å²) < 4.78 is 0. The molecule has 8 heavy (non-hydrogen) atoms. The van der Waals surface area contributed by atoms with Gasteiger partial charge in [-0.2, -0.15) is 0 Å². The van der Waals surface area contributed by atoms with Crippen molar-refractivity contribution in [2.75, 3.05) is 7.05 Å². The Kier molecular flexibility index (Phi) is 3.85. The van der Waals surface area contributed by atoms with E-state index in [2.05, 4.69) is 11.6 Å². The molecule has 0 heterocycles. The lowest BCUT2D eigenvalue weighted by molar-refractivity contribution is 1.47. The zero-order valence-corrected chi connectivity index (χ0v) is 5.39. The molecule has 0 unspecified atom stereocenters. The second kappa shape index (κ2) is 4.31. The van der Waals surface area contributed by atoms with Crippen molar-refractivity contribution in [2.45, 2.75) is 6.92 Å². The van der Waals surface area contributed by atoms with E-state index in [4.69, 9.17) is 0 Å². The van der Waals surface area contributed by atoms with Crippen molar-refractivity contribution in [2.24, 2.45) is 4.99 Å². The molecule has 1 heteroatoms. The van der Waals surface area contributed by atoms with Crippen LogP contribution >= 0.6 is 0 Å². The van der Waals surface area contributed by atoms with Gasteiger partial charge in [-0.1, -0.05) is 18.7 Å². The molecule has 0 N–H and O–H groups in total. The van der Waals surface area contributed by atoms with Crippen molar-refractivity contribution in [1.29, 1.82) is 0 Å². The van der Waals surface area contributed by atoms with Crippen LogP contribution in [0.15, 0.2) is 29.3 Å². The Bertz CT molecular complexity index is 106. The summed E-state index contributed by atoms with van der Waals surface area (Å²) in [6.45, 7) is 5.65. The number of hydrogen-bond donors (Lipinski definition) is 0. The Labute approximate surface area is 50.4 Å². The van der Waals surface area contributed by atoms with Crippen molar-refractivity contribution in [3.05, 3.63) is 24.3 Å². The highest BCUT2D eigenvalue weighted by atomic mass is 14.6. The van der Waals surface area contributed by atoms with Gasteiger partial charge in [0.2, 0.25) is 0 Å². The van der Waals surface area contributed by atoms with Crippen molar-refractivity contribution in [1.82, 2.24) is 0 Å². The highest BCUT2D eigenvalue weighted by Crippen LogP contribution is 1.85. The van der Waals surface area contributed by atoms with E-state index in [0.29, 0.717) is 0 Å². The van der Waals surface area contributed by atoms with Gasteiger partial charge in [0, 0.05) is 13.3 Å². The van der Waals surface area contributed by atoms with Crippen LogP contribution < -0.4 is 0 Å². The molecule has 0 aliphatic carbocycles. The van der Waals surface area contributed by atoms with E-state index in [9.17, 15) is 0 Å². The minimum atomic E-state index is 0.940. The third-order valence-electron chi connectivity index (χ3n) is 0.676. The Morgan fingerprint density at radius 2 is 2.25 bits per heavy atom. The number of allylic oxidation sites excluding steroid dienone is 3. The number of nitrogens with zero attached hydrogens (tertiary/aromatic N) is 1. The minimum Gasteiger partial charge on any atom is -0.296 e. The van der Waals surface area contributed by atoms with E-state index in [1.54, 1.807) is 13.3 Å². The molecule has 0 aromatic heterocycles. The third kappa shape index (κ3) is 3.34. The first-order valence-corrected chi connectivity index (χ1v) is 2.55. The summed E-state index contributed by atoms with van der Waals surface area (Å²) in [4.78, 5) is 3.78. The van der Waals surface area contributed by atoms with Gasteiger partial charge in [-0.3, -0.25) is 4.99 Å². The minimum absolute atomic E-state index is 0.940. The Morgan fingerprint density at radius 3 is 2.62 bits per heavy atom. The van der Waals surface area contributed by atoms with Gasteiger partial charge in [0.1, 0.15) is 0 Å². The summed E-state index contributed by atoms with van der Waals surface area (Å²) >= 11 is 0. The quantitative estimate of drug-likeness (QED) is 0.379. The van der Waals surface area contributed by atoms with Crippen LogP contribution in [-0.4, -0.2) is 13.3 Å². The summed E-state index contributed by atoms with van der Waals surface area (Å²) in [6.07, 6.45) is 5.57. The van der Waals surface area contributed by atoms with E-state index < -0.39 is 0 Å². The van der Waals surface area contributed by atoms with Crippen LogP contribution in [0.2, 0.25) is 0 Å². The second-order valence-corrected chi connectivity index (χ2v) is 1.46. The second-order valence-electron chi connectivity index (χ2n) is 1.46. The average molecular weight is 109 g/mol. The molecule has 0 aliphatic heterocycles. The first kappa shape index (κ1) is 7.15. The van der Waals surface area contributed by atoms with Crippen molar-refractivity contribution >= 4 is 6.21 Å². The van der Waals surface area contributed by atoms with Crippen LogP contribution in [0.1, 0.15) is 6.92 Å². The van der Waals surface area contributed by atoms with Crippen molar-refractivity contribution in [3.63, 3.8) is 0 Å². The van der Waals surface area contributed by atoms with Gasteiger partial charge in [-0.25, -0.2) is 0 Å². The van der Waals surface area contributed by atoms with Gasteiger partial charge in [0.05, 0.1) is 0 Å². The summed E-state index contributed by atoms with van der Waals surface area (Å²) in [5.74, 6) is 0. The van der Waals surface area contributed by atoms with E-state index in [0.717, 1.165) is 5.57 Å². The molecule has 0 aromatic carbocycles. The summed E-state index contributed by atoms with van der Waals surface area (Å²) in [5, 5.41) is 0. The number of hydrogen-bond acceptors (Lipinski definition) is 1. The largest absolute Gasteiger partial charge is 0.296 e. The maximum Gasteiger partial charge on any atom is 0.0277 e. The molecule has 44 valence electrons. The van der Waals surface area contributed by atoms with Crippen LogP contribution in [0, 0.1) is 0 Å². The lowest BCUT2D eigenvalue weighted by atomic mass is 10.3. The molecule has 0 aliphatic rings. The van der Waals surface area contributed by atoms with Gasteiger partial charge in [0.15, 0.2) is 0 Å². The van der Waals surface area contributed by atoms with Crippen LogP contribution in [0.5, 0.6) is 0 Å². The van der Waals surface area contributed by atoms with Gasteiger partial charge in [0.25, 0.3) is 0 Å². The standard InChI is InChI=1S/C7H11N/c1-4-5-7(2)6-8-3/h4-6H,2H2,1,3H3. The molecular formula is C7H11N. The molecule has 0 spiro atoms. The number of rotatable bonds is 2. The molecule has 0 atom stereocenters. The average Bonchev–Trinajstić information content (AvgIpc) is 1.68. The topological polar surface area (TPSA) is 12.4 Å². The van der Waals surface area contributed by atoms with Gasteiger partial charge >= 0.3 is 0 Å². The fraction of sp³-hybridized carbons (Fsp3) is 0.286. The normalized spacial score (nSPS) is 11.2. The Morgan fingerprint density at radius 1 is 1.62 bits per heavy atom. The van der Waals surface area contributed by atoms with Crippen LogP contribution in [-0.2, 0) is 0 Å². The molecule has 0 saturated heterocycles. The fourth-order valence-corrected chi connectivity index (χ4v) is 0.423. The van der Waals surface area contributed by atoms with Gasteiger partial charge < -0.3 is 0 Å². The van der Waals surface area contributed by atoms with Crippen LogP contribution in [0.4, 0.5) is 0 Å². The van der Waals surface area contributed by atoms with Gasteiger partial charge in [-0.05, 0) is 12.5 Å². The zero-order chi connectivity index (χ0) is 6.41. The molecular weight excluding hydrogens is 98.1 g/mol. The van der Waals surface area contributed by atoms with Gasteiger partial charge in [-0.15, -0.1) is 0 Å². The SMILES string of the molecule is C=C(C=CC)C=NC. The summed E-state index contributed by atoms with van der Waals surface area (Å²) in [5.41, 5.74) is 0.940. The van der Waals surface area contributed by atoms with E-state index in [1.165, 1.54) is 0 Å². The Hall–Kier alpha value is -0.850. The molecule has 0 amide bonds. The maximum atomic E-state index is 3.78. The highest BCUT2D eigenvalue weighted by Gasteiger charge is 1.73. The first-order chi connectivity index (χ1) is 3.81. The van der Waals surface area contributed by atoms with E-state index in [-0.39, 0.29) is 0 Å². The monoisotopic (exact) mass is 109 g/mol. The van der Waals surface area contributed by atoms with E-state index >= 15 is 0 Å². The fourth-order valence-electron chi connectivity index (χ4n) is 0.423. The lowest BCUT2D eigenvalue weighted by Gasteiger charge is -1.81. The van der Waals surface area contributed by atoms with Crippen LogP contribution in [0.25, 0.3) is 0 Å². The molecule has 0 rings (SSSR count). The van der Waals surface area contributed by atoms with E-state index in [1.807, 2.05) is 19.1 Å². The number of aliphatic imine (C=N–C) groups is 1. The molecule has 0 fully saturated rings. The predicted octanol–water partition coefficient (Wildman–Crippen LogP) is 1.82. The molecule has 1 nitrogen and oxygen atoms in total. The Balaban J connectivity index is 3.66. The summed E-state index contributed by atoms with van der Waals surface area (Å²) in [6, 6.07) is 0. The predicted molar refractivity (Wildman–Crippen MR) is 38.4 cm³/mol. The summed E-state index contributed by atoms with van der Waals surface area (Å²) in [7, 11) is 1.73.